The molecule has 0 saturated carbocycles. The molecule has 2 heterocycles. The summed E-state index contributed by atoms with van der Waals surface area (Å²) in [6, 6.07) is 0. The van der Waals surface area contributed by atoms with E-state index in [0.717, 1.165) is 17.0 Å². The van der Waals surface area contributed by atoms with E-state index in [4.69, 9.17) is 0 Å². The lowest BCUT2D eigenvalue weighted by Gasteiger charge is -1.98. The summed E-state index contributed by atoms with van der Waals surface area (Å²) < 4.78 is 2.04. The molecule has 0 aliphatic rings. The van der Waals surface area contributed by atoms with Crippen molar-refractivity contribution in [3.8, 4) is 0 Å². The van der Waals surface area contributed by atoms with Crippen LogP contribution >= 0.6 is 11.8 Å². The molecule has 4 heteroatoms. The van der Waals surface area contributed by atoms with Gasteiger partial charge in [0, 0.05) is 12.4 Å². The first-order valence-electron chi connectivity index (χ1n) is 4.07. The fourth-order valence-corrected chi connectivity index (χ4v) is 2.04. The molecule has 0 unspecified atom stereocenters. The maximum atomic E-state index is 4.36. The van der Waals surface area contributed by atoms with Gasteiger partial charge in [-0.1, -0.05) is 0 Å². The minimum Gasteiger partial charge on any atom is -0.278 e. The monoisotopic (exact) mass is 193 g/mol. The van der Waals surface area contributed by atoms with E-state index in [2.05, 4.69) is 22.4 Å². The number of aromatic nitrogens is 3. The van der Waals surface area contributed by atoms with Crippen LogP contribution in [0, 0.1) is 13.8 Å². The summed E-state index contributed by atoms with van der Waals surface area (Å²) in [5.74, 6) is 0.785. The number of nitrogens with zero attached hydrogens (tertiary/aromatic N) is 3. The van der Waals surface area contributed by atoms with E-state index in [1.807, 2.05) is 24.4 Å². The normalized spacial score (nSPS) is 11.0. The molecular weight excluding hydrogens is 182 g/mol. The Hall–Kier alpha value is -1.03. The zero-order chi connectivity index (χ0) is 9.42. The number of hydrogen-bond donors (Lipinski definition) is 0. The Bertz CT molecular complexity index is 447. The van der Waals surface area contributed by atoms with Gasteiger partial charge in [-0.15, -0.1) is 11.8 Å². The number of fused-ring (bicyclic) bond motifs is 1. The Morgan fingerprint density at radius 3 is 2.85 bits per heavy atom. The number of imidazole rings is 1. The molecule has 0 saturated heterocycles. The second-order valence-electron chi connectivity index (χ2n) is 3.01. The van der Waals surface area contributed by atoms with Crippen LogP contribution in [0.4, 0.5) is 0 Å². The second kappa shape index (κ2) is 3.03. The van der Waals surface area contributed by atoms with Gasteiger partial charge >= 0.3 is 0 Å². The Balaban J connectivity index is 2.80. The molecule has 2 rings (SSSR count). The molecule has 0 N–H and O–H groups in total. The van der Waals surface area contributed by atoms with Crippen molar-refractivity contribution in [1.82, 2.24) is 14.4 Å². The van der Waals surface area contributed by atoms with Crippen LogP contribution in [0.15, 0.2) is 17.4 Å². The van der Waals surface area contributed by atoms with Crippen molar-refractivity contribution < 1.29 is 0 Å². The third kappa shape index (κ3) is 1.31. The Kier molecular flexibility index (Phi) is 2.00. The highest BCUT2D eigenvalue weighted by Gasteiger charge is 2.07. The van der Waals surface area contributed by atoms with Gasteiger partial charge in [0.2, 0.25) is 5.78 Å². The second-order valence-corrected chi connectivity index (χ2v) is 3.80. The number of rotatable bonds is 1. The molecule has 2 aromatic heterocycles. The first-order valence-corrected chi connectivity index (χ1v) is 5.30. The zero-order valence-corrected chi connectivity index (χ0v) is 8.72. The van der Waals surface area contributed by atoms with E-state index in [1.54, 1.807) is 11.8 Å². The lowest BCUT2D eigenvalue weighted by atomic mass is 10.4. The fourth-order valence-electron chi connectivity index (χ4n) is 1.37. The highest BCUT2D eigenvalue weighted by atomic mass is 32.2. The Morgan fingerprint density at radius 2 is 2.15 bits per heavy atom. The maximum absolute atomic E-state index is 4.36. The highest BCUT2D eigenvalue weighted by Crippen LogP contribution is 2.20. The summed E-state index contributed by atoms with van der Waals surface area (Å²) >= 11 is 1.70. The number of thioether (sulfide) groups is 1. The summed E-state index contributed by atoms with van der Waals surface area (Å²) in [4.78, 5) is 8.60. The van der Waals surface area contributed by atoms with Crippen LogP contribution in [0.2, 0.25) is 0 Å². The molecule has 0 fully saturated rings. The van der Waals surface area contributed by atoms with Gasteiger partial charge in [-0.05, 0) is 25.7 Å². The average molecular weight is 193 g/mol. The van der Waals surface area contributed by atoms with Crippen LogP contribution in [0.1, 0.15) is 11.3 Å². The predicted octanol–water partition coefficient (Wildman–Crippen LogP) is 2.07. The van der Waals surface area contributed by atoms with Crippen molar-refractivity contribution in [1.29, 1.82) is 0 Å². The smallest absolute Gasteiger partial charge is 0.234 e. The molecule has 0 bridgehead atoms. The molecule has 0 aromatic carbocycles. The van der Waals surface area contributed by atoms with Crippen molar-refractivity contribution in [3.05, 3.63) is 23.7 Å². The topological polar surface area (TPSA) is 30.2 Å². The lowest BCUT2D eigenvalue weighted by Crippen LogP contribution is -1.90. The van der Waals surface area contributed by atoms with Crippen LogP contribution in [-0.2, 0) is 0 Å². The van der Waals surface area contributed by atoms with Crippen LogP contribution in [0.25, 0.3) is 5.78 Å². The Labute approximate surface area is 81.2 Å². The van der Waals surface area contributed by atoms with Gasteiger partial charge in [0.25, 0.3) is 0 Å². The van der Waals surface area contributed by atoms with Crippen LogP contribution in [-0.4, -0.2) is 20.6 Å². The Morgan fingerprint density at radius 1 is 1.38 bits per heavy atom. The highest BCUT2D eigenvalue weighted by molar-refractivity contribution is 7.98. The molecule has 0 radical (unpaired) electrons. The van der Waals surface area contributed by atoms with Gasteiger partial charge in [-0.25, -0.2) is 9.97 Å². The molecule has 3 nitrogen and oxygen atoms in total. The number of hydrogen-bond acceptors (Lipinski definition) is 3. The summed E-state index contributed by atoms with van der Waals surface area (Å²) in [5.41, 5.74) is 2.20. The fraction of sp³-hybridized carbons (Fsp3) is 0.333. The van der Waals surface area contributed by atoms with E-state index in [1.165, 1.54) is 5.03 Å². The SMILES string of the molecule is CSc1c(C)nc2ncc(C)cn12. The lowest BCUT2D eigenvalue weighted by molar-refractivity contribution is 0.986. The predicted molar refractivity (Wildman–Crippen MR) is 54.2 cm³/mol. The van der Waals surface area contributed by atoms with Gasteiger partial charge in [-0.2, -0.15) is 0 Å². The minimum absolute atomic E-state index is 0.785. The van der Waals surface area contributed by atoms with Crippen molar-refractivity contribution in [3.63, 3.8) is 0 Å². The molecule has 0 aliphatic heterocycles. The van der Waals surface area contributed by atoms with E-state index in [-0.39, 0.29) is 0 Å². The molecule has 68 valence electrons. The van der Waals surface area contributed by atoms with Crippen LogP contribution in [0.5, 0.6) is 0 Å². The van der Waals surface area contributed by atoms with Gasteiger partial charge < -0.3 is 0 Å². The standard InChI is InChI=1S/C9H11N3S/c1-6-4-10-9-11-7(2)8(13-3)12(9)5-6/h4-5H,1-3H3. The maximum Gasteiger partial charge on any atom is 0.234 e. The van der Waals surface area contributed by atoms with Crippen LogP contribution < -0.4 is 0 Å². The van der Waals surface area contributed by atoms with Crippen molar-refractivity contribution in [2.75, 3.05) is 6.26 Å². The third-order valence-electron chi connectivity index (χ3n) is 1.92. The molecule has 0 amide bonds. The summed E-state index contributed by atoms with van der Waals surface area (Å²) in [6.07, 6.45) is 5.96. The summed E-state index contributed by atoms with van der Waals surface area (Å²) in [5, 5.41) is 1.17. The molecule has 0 aliphatic carbocycles. The first kappa shape index (κ1) is 8.56. The van der Waals surface area contributed by atoms with E-state index in [9.17, 15) is 0 Å². The minimum atomic E-state index is 0.785. The van der Waals surface area contributed by atoms with Crippen molar-refractivity contribution in [2.45, 2.75) is 18.9 Å². The third-order valence-corrected chi connectivity index (χ3v) is 2.80. The van der Waals surface area contributed by atoms with E-state index >= 15 is 0 Å². The molecule has 0 spiro atoms. The molecular formula is C9H11N3S. The summed E-state index contributed by atoms with van der Waals surface area (Å²) in [7, 11) is 0. The summed E-state index contributed by atoms with van der Waals surface area (Å²) in [6.45, 7) is 4.04. The zero-order valence-electron chi connectivity index (χ0n) is 7.90. The first-order chi connectivity index (χ1) is 6.22. The largest absolute Gasteiger partial charge is 0.278 e. The van der Waals surface area contributed by atoms with Gasteiger partial charge in [-0.3, -0.25) is 4.40 Å². The van der Waals surface area contributed by atoms with Gasteiger partial charge in [0.15, 0.2) is 0 Å². The number of aryl methyl sites for hydroxylation is 2. The molecule has 0 atom stereocenters. The van der Waals surface area contributed by atoms with Gasteiger partial charge in [0.1, 0.15) is 5.03 Å². The quantitative estimate of drug-likeness (QED) is 0.649. The van der Waals surface area contributed by atoms with Gasteiger partial charge in [0.05, 0.1) is 5.69 Å². The molecule has 13 heavy (non-hydrogen) atoms. The van der Waals surface area contributed by atoms with E-state index < -0.39 is 0 Å². The van der Waals surface area contributed by atoms with Crippen LogP contribution in [0.3, 0.4) is 0 Å². The van der Waals surface area contributed by atoms with E-state index in [0.29, 0.717) is 0 Å². The van der Waals surface area contributed by atoms with Crippen molar-refractivity contribution in [2.24, 2.45) is 0 Å². The molecule has 2 aromatic rings. The average Bonchev–Trinajstić information content (AvgIpc) is 2.40. The van der Waals surface area contributed by atoms with Crippen molar-refractivity contribution >= 4 is 17.5 Å².